The van der Waals surface area contributed by atoms with Crippen molar-refractivity contribution in [2.45, 2.75) is 38.0 Å². The number of amides is 1. The number of carbonyl (C=O) groups is 1. The molecule has 0 radical (unpaired) electrons. The average Bonchev–Trinajstić information content (AvgIpc) is 3.80. The lowest BCUT2D eigenvalue weighted by Crippen LogP contribution is -2.32. The summed E-state index contributed by atoms with van der Waals surface area (Å²) in [6.07, 6.45) is 5.92. The highest BCUT2D eigenvalue weighted by molar-refractivity contribution is 7.20. The molecule has 3 aromatic heterocycles. The first-order valence-corrected chi connectivity index (χ1v) is 14.7. The third-order valence-corrected chi connectivity index (χ3v) is 8.53. The van der Waals surface area contributed by atoms with Gasteiger partial charge in [0, 0.05) is 37.1 Å². The first-order chi connectivity index (χ1) is 20.2. The molecule has 2 fully saturated rings. The number of carbonyl (C=O) groups excluding carboxylic acids is 1. The minimum atomic E-state index is -0.203. The topological polar surface area (TPSA) is 97.2 Å². The van der Waals surface area contributed by atoms with Crippen LogP contribution in [0.5, 0.6) is 0 Å². The van der Waals surface area contributed by atoms with Crippen molar-refractivity contribution in [2.75, 3.05) is 25.0 Å². The van der Waals surface area contributed by atoms with Gasteiger partial charge in [-0.15, -0.1) is 11.3 Å². The molecule has 10 heteroatoms. The van der Waals surface area contributed by atoms with E-state index < -0.39 is 0 Å². The summed E-state index contributed by atoms with van der Waals surface area (Å²) in [6.45, 7) is 2.94. The highest BCUT2D eigenvalue weighted by atomic mass is 32.1. The SMILES string of the molecule is O=C(O[C@@H]1CN[C@H](C#Cc2cc3ncnc(Nc4ccc5c(cnn5Cc5ccccc5)c4)c3s2)C1)N1CCCC1. The van der Waals surface area contributed by atoms with Crippen molar-refractivity contribution in [1.82, 2.24) is 30.0 Å². The van der Waals surface area contributed by atoms with Crippen molar-refractivity contribution in [3.8, 4) is 11.8 Å². The maximum atomic E-state index is 12.3. The van der Waals surface area contributed by atoms with E-state index in [1.165, 1.54) is 5.56 Å². The predicted octanol–water partition coefficient (Wildman–Crippen LogP) is 5.15. The van der Waals surface area contributed by atoms with Crippen LogP contribution >= 0.6 is 11.3 Å². The smallest absolute Gasteiger partial charge is 0.410 e. The van der Waals surface area contributed by atoms with E-state index in [2.05, 4.69) is 61.8 Å². The standard InChI is InChI=1S/C31H29N7O2S/c39-31(37-12-4-5-13-37)40-25-15-23(32-18-25)8-10-26-16-27-29(41-26)30(34-20-33-27)36-24-9-11-28-22(14-24)17-35-38(28)19-21-6-2-1-3-7-21/h1-3,6-7,9,11,14,16-17,20,23,25,32H,4-5,12-13,15,18-19H2,(H,33,34,36)/t23-,25+/m1/s1. The molecule has 0 unspecified atom stereocenters. The molecule has 2 atom stereocenters. The van der Waals surface area contributed by atoms with Crippen LogP contribution < -0.4 is 10.6 Å². The highest BCUT2D eigenvalue weighted by Crippen LogP contribution is 2.31. The van der Waals surface area contributed by atoms with Gasteiger partial charge >= 0.3 is 6.09 Å². The van der Waals surface area contributed by atoms with E-state index in [1.54, 1.807) is 22.6 Å². The monoisotopic (exact) mass is 563 g/mol. The summed E-state index contributed by atoms with van der Waals surface area (Å²) < 4.78 is 8.65. The first kappa shape index (κ1) is 25.5. The van der Waals surface area contributed by atoms with E-state index in [0.29, 0.717) is 13.0 Å². The van der Waals surface area contributed by atoms with Gasteiger partial charge in [-0.05, 0) is 42.7 Å². The Labute approximate surface area is 241 Å². The Morgan fingerprint density at radius 2 is 2.00 bits per heavy atom. The van der Waals surface area contributed by atoms with E-state index >= 15 is 0 Å². The van der Waals surface area contributed by atoms with Gasteiger partial charge in [-0.3, -0.25) is 10.00 Å². The molecule has 41 heavy (non-hydrogen) atoms. The summed E-state index contributed by atoms with van der Waals surface area (Å²) in [7, 11) is 0. The fourth-order valence-corrected chi connectivity index (χ4v) is 6.28. The van der Waals surface area contributed by atoms with Crippen molar-refractivity contribution in [2.24, 2.45) is 0 Å². The van der Waals surface area contributed by atoms with Crippen molar-refractivity contribution in [3.05, 3.63) is 77.6 Å². The third-order valence-electron chi connectivity index (χ3n) is 7.48. The van der Waals surface area contributed by atoms with Gasteiger partial charge in [0.25, 0.3) is 0 Å². The zero-order valence-corrected chi connectivity index (χ0v) is 23.2. The summed E-state index contributed by atoms with van der Waals surface area (Å²) in [5, 5.41) is 12.5. The van der Waals surface area contributed by atoms with Crippen LogP contribution in [0.2, 0.25) is 0 Å². The molecule has 1 amide bonds. The number of ether oxygens (including phenoxy) is 1. The first-order valence-electron chi connectivity index (χ1n) is 13.9. The number of anilines is 2. The number of hydrogen-bond donors (Lipinski definition) is 2. The van der Waals surface area contributed by atoms with Gasteiger partial charge in [-0.1, -0.05) is 42.2 Å². The Bertz CT molecular complexity index is 1770. The molecule has 5 heterocycles. The zero-order chi connectivity index (χ0) is 27.6. The predicted molar refractivity (Wildman–Crippen MR) is 160 cm³/mol. The second-order valence-corrected chi connectivity index (χ2v) is 11.5. The molecule has 0 bridgehead atoms. The number of thiophene rings is 1. The lowest BCUT2D eigenvalue weighted by molar-refractivity contribution is 0.0763. The number of benzene rings is 2. The minimum absolute atomic E-state index is 0.0187. The molecule has 2 saturated heterocycles. The van der Waals surface area contributed by atoms with Crippen LogP contribution in [0.15, 0.2) is 67.1 Å². The molecule has 206 valence electrons. The lowest BCUT2D eigenvalue weighted by Gasteiger charge is -2.18. The number of likely N-dealkylation sites (tertiary alicyclic amines) is 1. The minimum Gasteiger partial charge on any atom is -0.445 e. The molecule has 2 aliphatic heterocycles. The maximum absolute atomic E-state index is 12.3. The fraction of sp³-hybridized carbons (Fsp3) is 0.290. The number of aromatic nitrogens is 4. The van der Waals surface area contributed by atoms with Crippen LogP contribution in [-0.4, -0.2) is 62.5 Å². The molecule has 0 spiro atoms. The summed E-state index contributed by atoms with van der Waals surface area (Å²) >= 11 is 1.57. The number of nitrogens with one attached hydrogen (secondary N) is 2. The molecular weight excluding hydrogens is 534 g/mol. The normalized spacial score (nSPS) is 18.5. The lowest BCUT2D eigenvalue weighted by atomic mass is 10.2. The Hall–Kier alpha value is -4.46. The second-order valence-electron chi connectivity index (χ2n) is 10.4. The van der Waals surface area contributed by atoms with E-state index in [9.17, 15) is 4.79 Å². The number of hydrogen-bond acceptors (Lipinski definition) is 8. The van der Waals surface area contributed by atoms with Gasteiger partial charge in [0.15, 0.2) is 5.82 Å². The summed E-state index contributed by atoms with van der Waals surface area (Å²) in [4.78, 5) is 24.0. The highest BCUT2D eigenvalue weighted by Gasteiger charge is 2.28. The van der Waals surface area contributed by atoms with E-state index in [4.69, 9.17) is 4.74 Å². The van der Waals surface area contributed by atoms with Crippen LogP contribution in [0.3, 0.4) is 0 Å². The Balaban J connectivity index is 1.03. The van der Waals surface area contributed by atoms with Gasteiger partial charge in [0.05, 0.1) is 39.4 Å². The number of fused-ring (bicyclic) bond motifs is 2. The van der Waals surface area contributed by atoms with Crippen LogP contribution in [-0.2, 0) is 11.3 Å². The van der Waals surface area contributed by atoms with Gasteiger partial charge < -0.3 is 15.0 Å². The fourth-order valence-electron chi connectivity index (χ4n) is 5.37. The Morgan fingerprint density at radius 3 is 2.88 bits per heavy atom. The molecule has 7 rings (SSSR count). The van der Waals surface area contributed by atoms with E-state index in [0.717, 1.165) is 70.0 Å². The average molecular weight is 564 g/mol. The Kier molecular flexibility index (Phi) is 6.96. The Morgan fingerprint density at radius 1 is 1.12 bits per heavy atom. The van der Waals surface area contributed by atoms with Crippen molar-refractivity contribution in [3.63, 3.8) is 0 Å². The van der Waals surface area contributed by atoms with E-state index in [1.807, 2.05) is 41.2 Å². The van der Waals surface area contributed by atoms with E-state index in [-0.39, 0.29) is 18.2 Å². The quantitative estimate of drug-likeness (QED) is 0.286. The summed E-state index contributed by atoms with van der Waals surface area (Å²) in [5.74, 6) is 7.35. The number of nitrogens with zero attached hydrogens (tertiary/aromatic N) is 5. The van der Waals surface area contributed by atoms with Gasteiger partial charge in [0.1, 0.15) is 12.4 Å². The third kappa shape index (κ3) is 5.59. The molecule has 5 aromatic rings. The molecule has 0 saturated carbocycles. The summed E-state index contributed by atoms with van der Waals surface area (Å²) in [6, 6.07) is 18.5. The van der Waals surface area contributed by atoms with Crippen molar-refractivity contribution >= 4 is 50.1 Å². The van der Waals surface area contributed by atoms with Crippen LogP contribution in [0.1, 0.15) is 29.7 Å². The zero-order valence-electron chi connectivity index (χ0n) is 22.4. The molecule has 9 nitrogen and oxygen atoms in total. The molecular formula is C31H29N7O2S. The molecule has 0 aliphatic carbocycles. The van der Waals surface area contributed by atoms with Gasteiger partial charge in [0.2, 0.25) is 0 Å². The maximum Gasteiger partial charge on any atom is 0.410 e. The van der Waals surface area contributed by atoms with Crippen molar-refractivity contribution in [1.29, 1.82) is 0 Å². The molecule has 2 N–H and O–H groups in total. The van der Waals surface area contributed by atoms with Crippen LogP contribution in [0, 0.1) is 11.8 Å². The van der Waals surface area contributed by atoms with Crippen LogP contribution in [0.25, 0.3) is 21.1 Å². The van der Waals surface area contributed by atoms with Gasteiger partial charge in [-0.25, -0.2) is 14.8 Å². The van der Waals surface area contributed by atoms with Crippen LogP contribution in [0.4, 0.5) is 16.3 Å². The largest absolute Gasteiger partial charge is 0.445 e. The summed E-state index contributed by atoms with van der Waals surface area (Å²) in [5.41, 5.74) is 4.08. The van der Waals surface area contributed by atoms with Crippen molar-refractivity contribution < 1.29 is 9.53 Å². The molecule has 2 aliphatic rings. The second kappa shape index (κ2) is 11.2. The number of rotatable bonds is 5. The molecule has 2 aromatic carbocycles. The van der Waals surface area contributed by atoms with Gasteiger partial charge in [-0.2, -0.15) is 5.10 Å².